The standard InChI is InChI=1S/C14H21BN2O4/c1-6-19-12(18)10-7-9(8-11(16)17-10)15-20-13(2,3)14(4,5)21-15/h7-8H,6H2,1-5H3,(H2,16,17). The van der Waals surface area contributed by atoms with Gasteiger partial charge in [0, 0.05) is 0 Å². The molecule has 1 aliphatic heterocycles. The lowest BCUT2D eigenvalue weighted by Gasteiger charge is -2.32. The number of ether oxygens (including phenoxy) is 1. The Hall–Kier alpha value is -1.60. The summed E-state index contributed by atoms with van der Waals surface area (Å²) in [5, 5.41) is 0. The first kappa shape index (κ1) is 15.8. The van der Waals surface area contributed by atoms with E-state index in [2.05, 4.69) is 4.98 Å². The zero-order valence-electron chi connectivity index (χ0n) is 13.1. The van der Waals surface area contributed by atoms with Crippen LogP contribution in [0.2, 0.25) is 0 Å². The zero-order chi connectivity index (χ0) is 15.8. The number of esters is 1. The summed E-state index contributed by atoms with van der Waals surface area (Å²) < 4.78 is 16.8. The first-order chi connectivity index (χ1) is 9.66. The first-order valence-electron chi connectivity index (χ1n) is 6.96. The predicted octanol–water partition coefficient (Wildman–Crippen LogP) is 1.14. The molecule has 2 heterocycles. The molecule has 0 aliphatic carbocycles. The first-order valence-corrected chi connectivity index (χ1v) is 6.96. The highest BCUT2D eigenvalue weighted by Crippen LogP contribution is 2.36. The number of hydrogen-bond donors (Lipinski definition) is 1. The second-order valence-corrected chi connectivity index (χ2v) is 6.02. The Morgan fingerprint density at radius 1 is 1.29 bits per heavy atom. The van der Waals surface area contributed by atoms with E-state index in [1.54, 1.807) is 19.1 Å². The van der Waals surface area contributed by atoms with Crippen molar-refractivity contribution in [2.75, 3.05) is 12.3 Å². The smallest absolute Gasteiger partial charge is 0.461 e. The Kier molecular flexibility index (Phi) is 3.99. The zero-order valence-corrected chi connectivity index (χ0v) is 13.1. The summed E-state index contributed by atoms with van der Waals surface area (Å²) in [6, 6.07) is 3.24. The van der Waals surface area contributed by atoms with Crippen molar-refractivity contribution in [1.29, 1.82) is 0 Å². The fourth-order valence-electron chi connectivity index (χ4n) is 2.00. The molecule has 0 aromatic carbocycles. The largest absolute Gasteiger partial charge is 0.495 e. The lowest BCUT2D eigenvalue weighted by molar-refractivity contribution is 0.00578. The maximum atomic E-state index is 11.8. The molecule has 0 radical (unpaired) electrons. The monoisotopic (exact) mass is 292 g/mol. The summed E-state index contributed by atoms with van der Waals surface area (Å²) in [6.07, 6.45) is 0. The Morgan fingerprint density at radius 3 is 2.38 bits per heavy atom. The molecule has 0 amide bonds. The van der Waals surface area contributed by atoms with Crippen molar-refractivity contribution >= 4 is 24.4 Å². The van der Waals surface area contributed by atoms with Crippen molar-refractivity contribution in [3.8, 4) is 0 Å². The van der Waals surface area contributed by atoms with Crippen molar-refractivity contribution in [2.45, 2.75) is 45.8 Å². The maximum absolute atomic E-state index is 11.8. The number of nitrogen functional groups attached to an aromatic ring is 1. The highest BCUT2D eigenvalue weighted by molar-refractivity contribution is 6.62. The molecule has 1 fully saturated rings. The van der Waals surface area contributed by atoms with Gasteiger partial charge in [-0.05, 0) is 52.2 Å². The molecule has 1 aromatic rings. The second kappa shape index (κ2) is 5.31. The van der Waals surface area contributed by atoms with E-state index in [0.29, 0.717) is 5.46 Å². The summed E-state index contributed by atoms with van der Waals surface area (Å²) >= 11 is 0. The number of nitrogens with two attached hydrogens (primary N) is 1. The van der Waals surface area contributed by atoms with Gasteiger partial charge >= 0.3 is 13.1 Å². The molecule has 0 bridgehead atoms. The quantitative estimate of drug-likeness (QED) is 0.664. The van der Waals surface area contributed by atoms with Crippen LogP contribution in [0.1, 0.15) is 45.1 Å². The number of hydrogen-bond acceptors (Lipinski definition) is 6. The van der Waals surface area contributed by atoms with Gasteiger partial charge in [-0.3, -0.25) is 0 Å². The summed E-state index contributed by atoms with van der Waals surface area (Å²) in [7, 11) is -0.589. The molecule has 6 nitrogen and oxygen atoms in total. The van der Waals surface area contributed by atoms with Crippen molar-refractivity contribution < 1.29 is 18.8 Å². The normalized spacial score (nSPS) is 19.6. The summed E-state index contributed by atoms with van der Waals surface area (Å²) in [5.41, 5.74) is 5.66. The van der Waals surface area contributed by atoms with Crippen LogP contribution >= 0.6 is 0 Å². The molecule has 0 spiro atoms. The van der Waals surface area contributed by atoms with E-state index in [1.807, 2.05) is 27.7 Å². The van der Waals surface area contributed by atoms with E-state index in [1.165, 1.54) is 0 Å². The molecular formula is C14H21BN2O4. The van der Waals surface area contributed by atoms with E-state index >= 15 is 0 Å². The van der Waals surface area contributed by atoms with Gasteiger partial charge in [-0.25, -0.2) is 9.78 Å². The number of anilines is 1. The molecule has 7 heteroatoms. The Morgan fingerprint density at radius 2 is 1.86 bits per heavy atom. The van der Waals surface area contributed by atoms with Gasteiger partial charge in [-0.2, -0.15) is 0 Å². The number of pyridine rings is 1. The van der Waals surface area contributed by atoms with Gasteiger partial charge in [0.1, 0.15) is 11.5 Å². The minimum absolute atomic E-state index is 0.154. The molecular weight excluding hydrogens is 271 g/mol. The van der Waals surface area contributed by atoms with Crippen LogP contribution in [0.25, 0.3) is 0 Å². The van der Waals surface area contributed by atoms with Gasteiger partial charge in [-0.1, -0.05) is 0 Å². The number of aromatic nitrogens is 1. The topological polar surface area (TPSA) is 83.7 Å². The van der Waals surface area contributed by atoms with Gasteiger partial charge in [0.2, 0.25) is 0 Å². The van der Waals surface area contributed by atoms with Crippen LogP contribution in [0.3, 0.4) is 0 Å². The minimum atomic E-state index is -0.589. The lowest BCUT2D eigenvalue weighted by Crippen LogP contribution is -2.41. The molecule has 2 N–H and O–H groups in total. The molecule has 1 saturated heterocycles. The highest BCUT2D eigenvalue weighted by atomic mass is 16.7. The third kappa shape index (κ3) is 3.03. The SMILES string of the molecule is CCOC(=O)c1cc(B2OC(C)(C)C(C)(C)O2)cc(N)n1. The fourth-order valence-corrected chi connectivity index (χ4v) is 2.00. The minimum Gasteiger partial charge on any atom is -0.461 e. The van der Waals surface area contributed by atoms with Crippen LogP contribution in [-0.2, 0) is 14.0 Å². The molecule has 1 aliphatic rings. The maximum Gasteiger partial charge on any atom is 0.495 e. The van der Waals surface area contributed by atoms with Crippen LogP contribution in [-0.4, -0.2) is 35.9 Å². The van der Waals surface area contributed by atoms with E-state index in [0.717, 1.165) is 0 Å². The Labute approximate surface area is 125 Å². The Bertz CT molecular complexity index is 544. The van der Waals surface area contributed by atoms with Gasteiger partial charge in [0.15, 0.2) is 0 Å². The summed E-state index contributed by atoms with van der Waals surface area (Å²) in [4.78, 5) is 15.8. The molecule has 0 atom stereocenters. The van der Waals surface area contributed by atoms with Gasteiger partial charge in [-0.15, -0.1) is 0 Å². The predicted molar refractivity (Wildman–Crippen MR) is 80.3 cm³/mol. The van der Waals surface area contributed by atoms with E-state index in [9.17, 15) is 4.79 Å². The lowest BCUT2D eigenvalue weighted by atomic mass is 9.79. The number of rotatable bonds is 3. The van der Waals surface area contributed by atoms with Crippen LogP contribution in [0, 0.1) is 0 Å². The fraction of sp³-hybridized carbons (Fsp3) is 0.571. The van der Waals surface area contributed by atoms with Crippen LogP contribution < -0.4 is 11.2 Å². The summed E-state index contributed by atoms with van der Waals surface area (Å²) in [5.74, 6) is -0.284. The van der Waals surface area contributed by atoms with Crippen LogP contribution in [0.15, 0.2) is 12.1 Å². The third-order valence-corrected chi connectivity index (χ3v) is 3.88. The molecule has 21 heavy (non-hydrogen) atoms. The molecule has 2 rings (SSSR count). The van der Waals surface area contributed by atoms with Crippen molar-refractivity contribution in [2.24, 2.45) is 0 Å². The van der Waals surface area contributed by atoms with Crippen molar-refractivity contribution in [3.05, 3.63) is 17.8 Å². The van der Waals surface area contributed by atoms with E-state index in [4.69, 9.17) is 19.8 Å². The van der Waals surface area contributed by atoms with Gasteiger partial charge in [0.05, 0.1) is 17.8 Å². The second-order valence-electron chi connectivity index (χ2n) is 6.02. The highest BCUT2D eigenvalue weighted by Gasteiger charge is 2.51. The van der Waals surface area contributed by atoms with E-state index in [-0.39, 0.29) is 18.1 Å². The van der Waals surface area contributed by atoms with Crippen LogP contribution in [0.5, 0.6) is 0 Å². The van der Waals surface area contributed by atoms with Crippen LogP contribution in [0.4, 0.5) is 5.82 Å². The van der Waals surface area contributed by atoms with Gasteiger partial charge < -0.3 is 19.8 Å². The third-order valence-electron chi connectivity index (χ3n) is 3.88. The number of nitrogens with zero attached hydrogens (tertiary/aromatic N) is 1. The molecule has 0 saturated carbocycles. The molecule has 0 unspecified atom stereocenters. The van der Waals surface area contributed by atoms with Gasteiger partial charge in [0.25, 0.3) is 0 Å². The Balaban J connectivity index is 2.32. The number of carbonyl (C=O) groups excluding carboxylic acids is 1. The molecule has 1 aromatic heterocycles. The van der Waals surface area contributed by atoms with E-state index < -0.39 is 24.3 Å². The van der Waals surface area contributed by atoms with Crippen molar-refractivity contribution in [3.63, 3.8) is 0 Å². The summed E-state index contributed by atoms with van der Waals surface area (Å²) in [6.45, 7) is 9.86. The molecule has 114 valence electrons. The number of carbonyl (C=O) groups is 1. The average Bonchev–Trinajstić information content (AvgIpc) is 2.58. The average molecular weight is 292 g/mol. The van der Waals surface area contributed by atoms with Crippen molar-refractivity contribution in [1.82, 2.24) is 4.98 Å².